The molecule has 4 rings (SSSR count). The molecule has 1 heterocycles. The van der Waals surface area contributed by atoms with Crippen LogP contribution in [0.3, 0.4) is 0 Å². The highest BCUT2D eigenvalue weighted by Crippen LogP contribution is 2.40. The van der Waals surface area contributed by atoms with Crippen molar-refractivity contribution in [3.05, 3.63) is 64.5 Å². The summed E-state index contributed by atoms with van der Waals surface area (Å²) >= 11 is 1.97. The quantitative estimate of drug-likeness (QED) is 0.524. The van der Waals surface area contributed by atoms with E-state index in [1.165, 1.54) is 45.2 Å². The van der Waals surface area contributed by atoms with Gasteiger partial charge in [-0.05, 0) is 36.5 Å². The van der Waals surface area contributed by atoms with Crippen molar-refractivity contribution in [2.75, 3.05) is 0 Å². The molecule has 0 fully saturated rings. The number of benzene rings is 2. The number of thiophene rings is 1. The van der Waals surface area contributed by atoms with Crippen molar-refractivity contribution in [2.24, 2.45) is 0 Å². The fourth-order valence-corrected chi connectivity index (χ4v) is 4.27. The molecule has 2 aromatic carbocycles. The van der Waals surface area contributed by atoms with Crippen LogP contribution in [0.5, 0.6) is 0 Å². The van der Waals surface area contributed by atoms with Crippen molar-refractivity contribution in [3.63, 3.8) is 0 Å². The number of hydrogen-bond acceptors (Lipinski definition) is 1. The molecule has 0 amide bonds. The van der Waals surface area contributed by atoms with E-state index in [1.54, 1.807) is 4.88 Å². The smallest absolute Gasteiger partial charge is 0.0430 e. The first-order valence-corrected chi connectivity index (χ1v) is 7.92. The lowest BCUT2D eigenvalue weighted by atomic mass is 9.99. The first-order valence-electron chi connectivity index (χ1n) is 7.11. The molecule has 0 saturated carbocycles. The van der Waals surface area contributed by atoms with Gasteiger partial charge in [0.25, 0.3) is 0 Å². The second kappa shape index (κ2) is 4.60. The summed E-state index contributed by atoms with van der Waals surface area (Å²) in [6, 6.07) is 15.6. The summed E-state index contributed by atoms with van der Waals surface area (Å²) in [6.07, 6.45) is 6.97. The van der Waals surface area contributed by atoms with E-state index in [0.29, 0.717) is 0 Å². The topological polar surface area (TPSA) is 0 Å². The van der Waals surface area contributed by atoms with Crippen molar-refractivity contribution in [1.82, 2.24) is 0 Å². The molecular formula is C19H16S. The average molecular weight is 276 g/mol. The molecule has 1 aliphatic rings. The van der Waals surface area contributed by atoms with Gasteiger partial charge in [-0.2, -0.15) is 0 Å². The van der Waals surface area contributed by atoms with Gasteiger partial charge in [0.2, 0.25) is 0 Å². The summed E-state index contributed by atoms with van der Waals surface area (Å²) in [5.41, 5.74) is 5.46. The Bertz CT molecular complexity index is 804. The highest BCUT2D eigenvalue weighted by atomic mass is 32.1. The third kappa shape index (κ3) is 1.82. The van der Waals surface area contributed by atoms with E-state index in [0.717, 1.165) is 0 Å². The molecule has 0 N–H and O–H groups in total. The summed E-state index contributed by atoms with van der Waals surface area (Å²) in [6.45, 7) is 2.14. The summed E-state index contributed by atoms with van der Waals surface area (Å²) in [4.78, 5) is 1.54. The van der Waals surface area contributed by atoms with E-state index >= 15 is 0 Å². The Morgan fingerprint density at radius 3 is 2.70 bits per heavy atom. The van der Waals surface area contributed by atoms with Gasteiger partial charge in [-0.3, -0.25) is 0 Å². The minimum absolute atomic E-state index is 1.18. The van der Waals surface area contributed by atoms with Crippen LogP contribution in [0.15, 0.2) is 48.5 Å². The number of allylic oxidation sites excluding steroid dienone is 1. The molecule has 1 aromatic heterocycles. The van der Waals surface area contributed by atoms with E-state index < -0.39 is 0 Å². The van der Waals surface area contributed by atoms with Gasteiger partial charge in [-0.15, -0.1) is 11.3 Å². The highest BCUT2D eigenvalue weighted by Gasteiger charge is 2.15. The van der Waals surface area contributed by atoms with Gasteiger partial charge in [-0.25, -0.2) is 0 Å². The zero-order valence-electron chi connectivity index (χ0n) is 11.5. The van der Waals surface area contributed by atoms with E-state index in [1.807, 2.05) is 11.3 Å². The molecule has 3 aromatic rings. The average Bonchev–Trinajstić information content (AvgIpc) is 2.87. The lowest BCUT2D eigenvalue weighted by molar-refractivity contribution is 1.02. The highest BCUT2D eigenvalue weighted by molar-refractivity contribution is 7.20. The fourth-order valence-electron chi connectivity index (χ4n) is 2.93. The first kappa shape index (κ1) is 11.9. The third-order valence-electron chi connectivity index (χ3n) is 4.02. The molecule has 0 spiro atoms. The van der Waals surface area contributed by atoms with Crippen molar-refractivity contribution >= 4 is 27.5 Å². The normalized spacial score (nSPS) is 13.7. The maximum atomic E-state index is 2.30. The van der Waals surface area contributed by atoms with Gasteiger partial charge < -0.3 is 0 Å². The Morgan fingerprint density at radius 1 is 1.00 bits per heavy atom. The van der Waals surface area contributed by atoms with Crippen LogP contribution in [0.4, 0.5) is 0 Å². The van der Waals surface area contributed by atoms with Crippen molar-refractivity contribution in [1.29, 1.82) is 0 Å². The summed E-state index contributed by atoms with van der Waals surface area (Å²) in [7, 11) is 0. The molecule has 0 radical (unpaired) electrons. The van der Waals surface area contributed by atoms with Crippen molar-refractivity contribution in [3.8, 4) is 11.1 Å². The van der Waals surface area contributed by atoms with Crippen LogP contribution in [0.1, 0.15) is 22.4 Å². The molecular weight excluding hydrogens is 260 g/mol. The Labute approximate surface area is 123 Å². The SMILES string of the molecule is Cc1ccc(-c2cccc3c4c(sc23)CCC=C4)cc1. The van der Waals surface area contributed by atoms with Gasteiger partial charge in [0.05, 0.1) is 0 Å². The Balaban J connectivity index is 1.99. The maximum Gasteiger partial charge on any atom is 0.0430 e. The van der Waals surface area contributed by atoms with E-state index in [4.69, 9.17) is 0 Å². The Morgan fingerprint density at radius 2 is 1.85 bits per heavy atom. The second-order valence-electron chi connectivity index (χ2n) is 5.43. The Kier molecular flexibility index (Phi) is 2.75. The lowest BCUT2D eigenvalue weighted by Gasteiger charge is -2.05. The monoisotopic (exact) mass is 276 g/mol. The Hall–Kier alpha value is -1.86. The molecule has 0 bridgehead atoms. The predicted molar refractivity (Wildman–Crippen MR) is 89.4 cm³/mol. The molecule has 0 saturated heterocycles. The van der Waals surface area contributed by atoms with Gasteiger partial charge in [0.15, 0.2) is 0 Å². The minimum atomic E-state index is 1.18. The summed E-state index contributed by atoms with van der Waals surface area (Å²) in [5, 5.41) is 1.42. The molecule has 1 heteroatoms. The molecule has 0 atom stereocenters. The minimum Gasteiger partial charge on any atom is -0.139 e. The van der Waals surface area contributed by atoms with Crippen LogP contribution in [-0.2, 0) is 6.42 Å². The lowest BCUT2D eigenvalue weighted by Crippen LogP contribution is -1.86. The van der Waals surface area contributed by atoms with Crippen LogP contribution < -0.4 is 0 Å². The third-order valence-corrected chi connectivity index (χ3v) is 5.33. The maximum absolute atomic E-state index is 2.30. The molecule has 0 aliphatic heterocycles. The number of rotatable bonds is 1. The van der Waals surface area contributed by atoms with Gasteiger partial charge in [0, 0.05) is 15.0 Å². The molecule has 1 aliphatic carbocycles. The van der Waals surface area contributed by atoms with Crippen LogP contribution >= 0.6 is 11.3 Å². The van der Waals surface area contributed by atoms with Crippen LogP contribution in [0.2, 0.25) is 0 Å². The fraction of sp³-hybridized carbons (Fsp3) is 0.158. The van der Waals surface area contributed by atoms with Crippen LogP contribution in [0, 0.1) is 6.92 Å². The molecule has 0 unspecified atom stereocenters. The van der Waals surface area contributed by atoms with E-state index in [9.17, 15) is 0 Å². The van der Waals surface area contributed by atoms with E-state index in [-0.39, 0.29) is 0 Å². The first-order chi connectivity index (χ1) is 9.83. The van der Waals surface area contributed by atoms with Gasteiger partial charge >= 0.3 is 0 Å². The molecule has 0 nitrogen and oxygen atoms in total. The number of aryl methyl sites for hydroxylation is 2. The van der Waals surface area contributed by atoms with Crippen LogP contribution in [0.25, 0.3) is 27.3 Å². The van der Waals surface area contributed by atoms with E-state index in [2.05, 4.69) is 61.5 Å². The number of hydrogen-bond donors (Lipinski definition) is 0. The van der Waals surface area contributed by atoms with Gasteiger partial charge in [0.1, 0.15) is 0 Å². The summed E-state index contributed by atoms with van der Waals surface area (Å²) < 4.78 is 1.44. The zero-order chi connectivity index (χ0) is 13.5. The standard InChI is InChI=1S/C19H16S/c1-13-9-11-14(12-10-13)15-6-4-7-17-16-5-2-3-8-18(16)20-19(15)17/h2,4-7,9-12H,3,8H2,1H3. The zero-order valence-corrected chi connectivity index (χ0v) is 12.3. The number of fused-ring (bicyclic) bond motifs is 3. The molecule has 20 heavy (non-hydrogen) atoms. The van der Waals surface area contributed by atoms with Crippen LogP contribution in [-0.4, -0.2) is 0 Å². The van der Waals surface area contributed by atoms with Crippen molar-refractivity contribution in [2.45, 2.75) is 19.8 Å². The largest absolute Gasteiger partial charge is 0.139 e. The van der Waals surface area contributed by atoms with Crippen molar-refractivity contribution < 1.29 is 0 Å². The molecule has 98 valence electrons. The second-order valence-corrected chi connectivity index (χ2v) is 6.53. The summed E-state index contributed by atoms with van der Waals surface area (Å²) in [5.74, 6) is 0. The predicted octanol–water partition coefficient (Wildman–Crippen LogP) is 5.84. The van der Waals surface area contributed by atoms with Gasteiger partial charge in [-0.1, -0.05) is 60.2 Å².